The third kappa shape index (κ3) is 3.80. The van der Waals surface area contributed by atoms with Crippen molar-refractivity contribution in [3.63, 3.8) is 0 Å². The van der Waals surface area contributed by atoms with Crippen LogP contribution in [0.15, 0.2) is 53.4 Å². The van der Waals surface area contributed by atoms with Crippen molar-refractivity contribution in [2.24, 2.45) is 0 Å². The fraction of sp³-hybridized carbons (Fsp3) is 0.188. The van der Waals surface area contributed by atoms with Crippen molar-refractivity contribution in [2.75, 3.05) is 25.1 Å². The van der Waals surface area contributed by atoms with Gasteiger partial charge in [-0.1, -0.05) is 29.8 Å². The molecule has 2 aromatic carbocycles. The van der Waals surface area contributed by atoms with Crippen molar-refractivity contribution >= 4 is 33.3 Å². The maximum absolute atomic E-state index is 13.0. The molecule has 0 saturated heterocycles. The molecule has 128 valence electrons. The number of sulfonamides is 1. The standard InChI is InChI=1S/C16H16ClNO5S/c1-22-15-9-8-13(10-14(15)17)24(20,21)18(11-16(19)23-2)12-6-4-3-5-7-12/h3-10H,11H2,1-2H3. The second-order valence-corrected chi connectivity index (χ2v) is 6.99. The molecular formula is C16H16ClNO5S. The van der Waals surface area contributed by atoms with Crippen molar-refractivity contribution in [3.05, 3.63) is 53.6 Å². The smallest absolute Gasteiger partial charge is 0.326 e. The molecule has 0 aromatic heterocycles. The van der Waals surface area contributed by atoms with E-state index in [1.54, 1.807) is 30.3 Å². The van der Waals surface area contributed by atoms with Gasteiger partial charge in [0.1, 0.15) is 12.3 Å². The van der Waals surface area contributed by atoms with Crippen molar-refractivity contribution < 1.29 is 22.7 Å². The number of para-hydroxylation sites is 1. The monoisotopic (exact) mass is 369 g/mol. The van der Waals surface area contributed by atoms with Gasteiger partial charge in [0.15, 0.2) is 0 Å². The number of esters is 1. The summed E-state index contributed by atoms with van der Waals surface area (Å²) in [6.07, 6.45) is 0. The Kier molecular flexibility index (Phi) is 5.69. The van der Waals surface area contributed by atoms with Crippen LogP contribution in [-0.2, 0) is 19.6 Å². The Morgan fingerprint density at radius 2 is 1.79 bits per heavy atom. The highest BCUT2D eigenvalue weighted by Gasteiger charge is 2.28. The molecular weight excluding hydrogens is 354 g/mol. The molecule has 2 aromatic rings. The van der Waals surface area contributed by atoms with Crippen LogP contribution in [0.1, 0.15) is 0 Å². The number of nitrogens with zero attached hydrogens (tertiary/aromatic N) is 1. The van der Waals surface area contributed by atoms with E-state index in [0.29, 0.717) is 11.4 Å². The van der Waals surface area contributed by atoms with Crippen LogP contribution in [0.4, 0.5) is 5.69 Å². The second kappa shape index (κ2) is 7.55. The molecule has 0 spiro atoms. The quantitative estimate of drug-likeness (QED) is 0.732. The van der Waals surface area contributed by atoms with Crippen molar-refractivity contribution in [2.45, 2.75) is 4.90 Å². The molecule has 24 heavy (non-hydrogen) atoms. The van der Waals surface area contributed by atoms with E-state index < -0.39 is 22.5 Å². The van der Waals surface area contributed by atoms with Crippen molar-refractivity contribution in [1.29, 1.82) is 0 Å². The molecule has 0 heterocycles. The number of benzene rings is 2. The first-order valence-corrected chi connectivity index (χ1v) is 8.70. The zero-order valence-corrected chi connectivity index (χ0v) is 14.7. The Hall–Kier alpha value is -2.25. The Bertz CT molecular complexity index is 824. The Morgan fingerprint density at radius 1 is 1.12 bits per heavy atom. The number of rotatable bonds is 6. The van der Waals surface area contributed by atoms with Crippen molar-refractivity contribution in [3.8, 4) is 5.75 Å². The number of anilines is 1. The molecule has 0 saturated carbocycles. The fourth-order valence-electron chi connectivity index (χ4n) is 2.03. The fourth-order valence-corrected chi connectivity index (χ4v) is 3.78. The summed E-state index contributed by atoms with van der Waals surface area (Å²) in [6, 6.07) is 12.4. The average molecular weight is 370 g/mol. The molecule has 0 atom stereocenters. The molecule has 0 aliphatic rings. The van der Waals surface area contributed by atoms with Gasteiger partial charge in [-0.3, -0.25) is 9.10 Å². The van der Waals surface area contributed by atoms with E-state index in [1.807, 2.05) is 0 Å². The van der Waals surface area contributed by atoms with E-state index in [4.69, 9.17) is 16.3 Å². The first-order valence-electron chi connectivity index (χ1n) is 6.88. The van der Waals surface area contributed by atoms with Crippen molar-refractivity contribution in [1.82, 2.24) is 0 Å². The Morgan fingerprint density at radius 3 is 2.33 bits per heavy atom. The predicted octanol–water partition coefficient (Wildman–Crippen LogP) is 2.72. The first kappa shape index (κ1) is 18.1. The average Bonchev–Trinajstić information content (AvgIpc) is 2.59. The number of hydrogen-bond donors (Lipinski definition) is 0. The lowest BCUT2D eigenvalue weighted by Gasteiger charge is -2.23. The van der Waals surface area contributed by atoms with Gasteiger partial charge in [-0.15, -0.1) is 0 Å². The lowest BCUT2D eigenvalue weighted by molar-refractivity contribution is -0.138. The summed E-state index contributed by atoms with van der Waals surface area (Å²) in [4.78, 5) is 11.6. The predicted molar refractivity (Wildman–Crippen MR) is 91.0 cm³/mol. The molecule has 0 amide bonds. The maximum Gasteiger partial charge on any atom is 0.326 e. The SMILES string of the molecule is COC(=O)CN(c1ccccc1)S(=O)(=O)c1ccc(OC)c(Cl)c1. The van der Waals surface area contributed by atoms with E-state index in [0.717, 1.165) is 4.31 Å². The van der Waals surface area contributed by atoms with E-state index in [1.165, 1.54) is 32.4 Å². The molecule has 2 rings (SSSR count). The van der Waals surface area contributed by atoms with E-state index in [2.05, 4.69) is 4.74 Å². The topological polar surface area (TPSA) is 72.9 Å². The van der Waals surface area contributed by atoms with Gasteiger partial charge < -0.3 is 9.47 Å². The Balaban J connectivity index is 2.51. The summed E-state index contributed by atoms with van der Waals surface area (Å²) >= 11 is 6.02. The molecule has 8 heteroatoms. The maximum atomic E-state index is 13.0. The number of halogens is 1. The van der Waals surface area contributed by atoms with Gasteiger partial charge in [0.25, 0.3) is 10.0 Å². The normalized spacial score (nSPS) is 11.0. The zero-order chi connectivity index (χ0) is 17.7. The summed E-state index contributed by atoms with van der Waals surface area (Å²) in [5.41, 5.74) is 0.342. The van der Waals surface area contributed by atoms with Crippen LogP contribution in [0.5, 0.6) is 5.75 Å². The number of ether oxygens (including phenoxy) is 2. The van der Waals surface area contributed by atoms with Crippen LogP contribution in [0.25, 0.3) is 0 Å². The highest BCUT2D eigenvalue weighted by Crippen LogP contribution is 2.30. The van der Waals surface area contributed by atoms with E-state index in [9.17, 15) is 13.2 Å². The minimum Gasteiger partial charge on any atom is -0.495 e. The van der Waals surface area contributed by atoms with Gasteiger partial charge in [0, 0.05) is 0 Å². The molecule has 0 aliphatic heterocycles. The molecule has 0 N–H and O–H groups in total. The van der Waals surface area contributed by atoms with Crippen LogP contribution in [-0.4, -0.2) is 35.2 Å². The van der Waals surface area contributed by atoms with Gasteiger partial charge in [0.05, 0.1) is 29.8 Å². The number of carbonyl (C=O) groups is 1. The first-order chi connectivity index (χ1) is 11.4. The molecule has 0 aliphatic carbocycles. The molecule has 0 radical (unpaired) electrons. The van der Waals surface area contributed by atoms with Gasteiger partial charge in [-0.25, -0.2) is 8.42 Å². The summed E-state index contributed by atoms with van der Waals surface area (Å²) in [7, 11) is -1.38. The zero-order valence-electron chi connectivity index (χ0n) is 13.1. The molecule has 0 bridgehead atoms. The third-order valence-corrected chi connectivity index (χ3v) is 5.32. The van der Waals surface area contributed by atoms with Crippen LogP contribution in [0, 0.1) is 0 Å². The second-order valence-electron chi connectivity index (χ2n) is 4.72. The largest absolute Gasteiger partial charge is 0.495 e. The van der Waals surface area contributed by atoms with Gasteiger partial charge >= 0.3 is 5.97 Å². The van der Waals surface area contributed by atoms with Crippen LogP contribution < -0.4 is 9.04 Å². The van der Waals surface area contributed by atoms with Crippen LogP contribution in [0.3, 0.4) is 0 Å². The highest BCUT2D eigenvalue weighted by atomic mass is 35.5. The van der Waals surface area contributed by atoms with Crippen LogP contribution in [0.2, 0.25) is 5.02 Å². The molecule has 0 fully saturated rings. The Labute approximate surface area is 145 Å². The number of hydrogen-bond acceptors (Lipinski definition) is 5. The summed E-state index contributed by atoms with van der Waals surface area (Å²) in [6.45, 7) is -0.452. The summed E-state index contributed by atoms with van der Waals surface area (Å²) < 4.78 is 36.5. The minimum atomic E-state index is -4.01. The lowest BCUT2D eigenvalue weighted by Crippen LogP contribution is -2.36. The summed E-state index contributed by atoms with van der Waals surface area (Å²) in [5.74, 6) is -0.322. The van der Waals surface area contributed by atoms with Gasteiger partial charge in [0.2, 0.25) is 0 Å². The van der Waals surface area contributed by atoms with Gasteiger partial charge in [-0.05, 0) is 30.3 Å². The van der Waals surface area contributed by atoms with Crippen LogP contribution >= 0.6 is 11.6 Å². The summed E-state index contributed by atoms with van der Waals surface area (Å²) in [5, 5.41) is 0.157. The molecule has 6 nitrogen and oxygen atoms in total. The number of methoxy groups -OCH3 is 2. The highest BCUT2D eigenvalue weighted by molar-refractivity contribution is 7.92. The van der Waals surface area contributed by atoms with Gasteiger partial charge in [-0.2, -0.15) is 0 Å². The minimum absolute atomic E-state index is 0.0546. The third-order valence-electron chi connectivity index (χ3n) is 3.26. The van der Waals surface area contributed by atoms with E-state index >= 15 is 0 Å². The lowest BCUT2D eigenvalue weighted by atomic mass is 10.3. The van der Waals surface area contributed by atoms with E-state index in [-0.39, 0.29) is 9.92 Å². The number of carbonyl (C=O) groups excluding carboxylic acids is 1. The molecule has 0 unspecified atom stereocenters.